The smallest absolute Gasteiger partial charge is 0.299 e. The van der Waals surface area contributed by atoms with Crippen LogP contribution in [-0.4, -0.2) is 32.8 Å². The van der Waals surface area contributed by atoms with E-state index in [0.29, 0.717) is 5.92 Å². The molecule has 2 heterocycles. The Morgan fingerprint density at radius 3 is 2.36 bits per heavy atom. The third kappa shape index (κ3) is 3.56. The van der Waals surface area contributed by atoms with Gasteiger partial charge in [-0.25, -0.2) is 14.5 Å². The number of likely N-dealkylation sites (tertiary alicyclic amines) is 1. The van der Waals surface area contributed by atoms with Crippen LogP contribution in [0.15, 0.2) is 65.7 Å². The highest BCUT2D eigenvalue weighted by Gasteiger charge is 2.20. The van der Waals surface area contributed by atoms with E-state index in [1.165, 1.54) is 34.9 Å². The van der Waals surface area contributed by atoms with Gasteiger partial charge in [-0.1, -0.05) is 42.5 Å². The monoisotopic (exact) mass is 334 g/mol. The minimum Gasteiger partial charge on any atom is -0.299 e. The van der Waals surface area contributed by atoms with E-state index in [1.807, 2.05) is 12.1 Å². The zero-order valence-electron chi connectivity index (χ0n) is 14.1. The van der Waals surface area contributed by atoms with Crippen LogP contribution in [0.5, 0.6) is 0 Å². The van der Waals surface area contributed by atoms with Gasteiger partial charge in [0.25, 0.3) is 0 Å². The van der Waals surface area contributed by atoms with E-state index in [4.69, 9.17) is 0 Å². The number of rotatable bonds is 4. The maximum atomic E-state index is 11.6. The highest BCUT2D eigenvalue weighted by molar-refractivity contribution is 5.35. The summed E-state index contributed by atoms with van der Waals surface area (Å²) in [5.41, 5.74) is 3.39. The number of aromatic amines is 1. The predicted molar refractivity (Wildman–Crippen MR) is 97.9 cm³/mol. The summed E-state index contributed by atoms with van der Waals surface area (Å²) in [6.07, 6.45) is 3.87. The lowest BCUT2D eigenvalue weighted by atomic mass is 9.89. The first-order valence-corrected chi connectivity index (χ1v) is 8.78. The second-order valence-electron chi connectivity index (χ2n) is 6.66. The van der Waals surface area contributed by atoms with E-state index < -0.39 is 0 Å². The molecule has 0 spiro atoms. The molecule has 2 aromatic carbocycles. The third-order valence-electron chi connectivity index (χ3n) is 5.03. The lowest BCUT2D eigenvalue weighted by molar-refractivity contribution is 0.204. The van der Waals surface area contributed by atoms with Crippen molar-refractivity contribution < 1.29 is 0 Å². The summed E-state index contributed by atoms with van der Waals surface area (Å²) in [5.74, 6) is 0.599. The number of hydrogen-bond donors (Lipinski definition) is 1. The molecule has 1 N–H and O–H groups in total. The van der Waals surface area contributed by atoms with Gasteiger partial charge in [-0.15, -0.1) is 0 Å². The summed E-state index contributed by atoms with van der Waals surface area (Å²) in [4.78, 5) is 14.2. The third-order valence-corrected chi connectivity index (χ3v) is 5.03. The fourth-order valence-corrected chi connectivity index (χ4v) is 3.61. The van der Waals surface area contributed by atoms with E-state index in [-0.39, 0.29) is 5.69 Å². The van der Waals surface area contributed by atoms with Crippen LogP contribution in [0.1, 0.15) is 29.9 Å². The number of hydrogen-bond acceptors (Lipinski definition) is 3. The minimum atomic E-state index is -0.207. The van der Waals surface area contributed by atoms with Gasteiger partial charge in [0.2, 0.25) is 0 Å². The Hall–Kier alpha value is -2.66. The van der Waals surface area contributed by atoms with Gasteiger partial charge in [0.1, 0.15) is 6.33 Å². The van der Waals surface area contributed by atoms with E-state index in [9.17, 15) is 4.79 Å². The van der Waals surface area contributed by atoms with Crippen LogP contribution in [0.4, 0.5) is 0 Å². The molecule has 4 rings (SSSR count). The van der Waals surface area contributed by atoms with Crippen molar-refractivity contribution in [2.75, 3.05) is 13.1 Å². The standard InChI is InChI=1S/C20H22N4O/c25-20-22-21-15-24(20)19-8-6-17(7-9-19)18-10-12-23(13-11-18)14-16-4-2-1-3-5-16/h1-9,15,18H,10-14H2,(H,22,25). The number of aromatic nitrogens is 3. The van der Waals surface area contributed by atoms with Gasteiger partial charge in [0, 0.05) is 6.54 Å². The molecule has 1 aliphatic rings. The van der Waals surface area contributed by atoms with E-state index in [2.05, 4.69) is 57.6 Å². The molecular formula is C20H22N4O. The van der Waals surface area contributed by atoms with E-state index >= 15 is 0 Å². The number of nitrogens with one attached hydrogen (secondary N) is 1. The fourth-order valence-electron chi connectivity index (χ4n) is 3.61. The predicted octanol–water partition coefficient (Wildman–Crippen LogP) is 2.94. The Bertz CT molecular complexity index is 858. The number of benzene rings is 2. The molecule has 5 nitrogen and oxygen atoms in total. The summed E-state index contributed by atoms with van der Waals surface area (Å²) in [6, 6.07) is 19.0. The summed E-state index contributed by atoms with van der Waals surface area (Å²) in [5, 5.41) is 6.19. The Kier molecular flexibility index (Phi) is 4.48. The molecule has 0 unspecified atom stereocenters. The average Bonchev–Trinajstić information content (AvgIpc) is 3.09. The lowest BCUT2D eigenvalue weighted by Gasteiger charge is -2.32. The highest BCUT2D eigenvalue weighted by atomic mass is 16.1. The average molecular weight is 334 g/mol. The van der Waals surface area contributed by atoms with Crippen LogP contribution < -0.4 is 5.69 Å². The largest absolute Gasteiger partial charge is 0.347 e. The Labute approximate surface area is 146 Å². The van der Waals surface area contributed by atoms with Gasteiger partial charge in [-0.3, -0.25) is 4.90 Å². The Morgan fingerprint density at radius 2 is 1.72 bits per heavy atom. The van der Waals surface area contributed by atoms with Gasteiger partial charge < -0.3 is 0 Å². The van der Waals surface area contributed by atoms with Crippen LogP contribution >= 0.6 is 0 Å². The topological polar surface area (TPSA) is 53.9 Å². The molecule has 0 saturated carbocycles. The van der Waals surface area contributed by atoms with Crippen molar-refractivity contribution in [3.05, 3.63) is 82.5 Å². The summed E-state index contributed by atoms with van der Waals surface area (Å²) < 4.78 is 1.52. The first kappa shape index (κ1) is 15.8. The van der Waals surface area contributed by atoms with Gasteiger partial charge in [0.15, 0.2) is 0 Å². The molecule has 0 aliphatic carbocycles. The Morgan fingerprint density at radius 1 is 1.00 bits per heavy atom. The van der Waals surface area contributed by atoms with Crippen LogP contribution in [0.25, 0.3) is 5.69 Å². The minimum absolute atomic E-state index is 0.207. The molecule has 25 heavy (non-hydrogen) atoms. The van der Waals surface area contributed by atoms with E-state index in [0.717, 1.165) is 25.3 Å². The van der Waals surface area contributed by atoms with Gasteiger partial charge in [0.05, 0.1) is 5.69 Å². The molecule has 1 saturated heterocycles. The lowest BCUT2D eigenvalue weighted by Crippen LogP contribution is -2.32. The van der Waals surface area contributed by atoms with Crippen molar-refractivity contribution in [3.8, 4) is 5.69 Å². The molecule has 1 aliphatic heterocycles. The summed E-state index contributed by atoms with van der Waals surface area (Å²) in [6.45, 7) is 3.29. The molecule has 1 aromatic heterocycles. The molecule has 0 atom stereocenters. The highest BCUT2D eigenvalue weighted by Crippen LogP contribution is 2.29. The van der Waals surface area contributed by atoms with Crippen LogP contribution in [0.3, 0.4) is 0 Å². The summed E-state index contributed by atoms with van der Waals surface area (Å²) in [7, 11) is 0. The molecule has 0 radical (unpaired) electrons. The second-order valence-corrected chi connectivity index (χ2v) is 6.66. The first-order valence-electron chi connectivity index (χ1n) is 8.78. The molecule has 0 bridgehead atoms. The number of nitrogens with zero attached hydrogens (tertiary/aromatic N) is 3. The molecule has 3 aromatic rings. The van der Waals surface area contributed by atoms with Crippen molar-refractivity contribution in [2.24, 2.45) is 0 Å². The Balaban J connectivity index is 1.38. The van der Waals surface area contributed by atoms with Crippen molar-refractivity contribution >= 4 is 0 Å². The number of H-pyrrole nitrogens is 1. The van der Waals surface area contributed by atoms with Crippen LogP contribution in [0, 0.1) is 0 Å². The zero-order valence-corrected chi connectivity index (χ0v) is 14.1. The first-order chi connectivity index (χ1) is 12.3. The maximum Gasteiger partial charge on any atom is 0.347 e. The second kappa shape index (κ2) is 7.07. The van der Waals surface area contributed by atoms with Gasteiger partial charge in [-0.2, -0.15) is 5.10 Å². The van der Waals surface area contributed by atoms with Crippen LogP contribution in [0.2, 0.25) is 0 Å². The zero-order chi connectivity index (χ0) is 17.1. The SMILES string of the molecule is O=c1[nH]ncn1-c1ccc(C2CCN(Cc3ccccc3)CC2)cc1. The maximum absolute atomic E-state index is 11.6. The number of piperidine rings is 1. The van der Waals surface area contributed by atoms with E-state index in [1.54, 1.807) is 0 Å². The normalized spacial score (nSPS) is 16.2. The van der Waals surface area contributed by atoms with Crippen molar-refractivity contribution in [1.82, 2.24) is 19.7 Å². The molecule has 0 amide bonds. The fraction of sp³-hybridized carbons (Fsp3) is 0.300. The van der Waals surface area contributed by atoms with Gasteiger partial charge in [-0.05, 0) is 55.1 Å². The molecule has 128 valence electrons. The van der Waals surface area contributed by atoms with Crippen molar-refractivity contribution in [2.45, 2.75) is 25.3 Å². The molecule has 1 fully saturated rings. The van der Waals surface area contributed by atoms with Crippen molar-refractivity contribution in [1.29, 1.82) is 0 Å². The molecular weight excluding hydrogens is 312 g/mol. The van der Waals surface area contributed by atoms with Crippen molar-refractivity contribution in [3.63, 3.8) is 0 Å². The summed E-state index contributed by atoms with van der Waals surface area (Å²) >= 11 is 0. The quantitative estimate of drug-likeness (QED) is 0.798. The van der Waals surface area contributed by atoms with Gasteiger partial charge >= 0.3 is 5.69 Å². The van der Waals surface area contributed by atoms with Crippen LogP contribution in [-0.2, 0) is 6.54 Å². The molecule has 5 heteroatoms.